The molecule has 0 saturated heterocycles. The third kappa shape index (κ3) is 3.05. The number of allylic oxidation sites excluding steroid dienone is 4. The van der Waals surface area contributed by atoms with E-state index >= 15 is 4.39 Å². The third-order valence-corrected chi connectivity index (χ3v) is 9.62. The van der Waals surface area contributed by atoms with Crippen LogP contribution in [-0.4, -0.2) is 46.9 Å². The van der Waals surface area contributed by atoms with E-state index in [1.54, 1.807) is 19.9 Å². The first-order chi connectivity index (χ1) is 15.4. The monoisotopic (exact) mass is 482 g/mol. The Morgan fingerprint density at radius 3 is 2.61 bits per heavy atom. The van der Waals surface area contributed by atoms with Gasteiger partial charge < -0.3 is 14.6 Å². The van der Waals surface area contributed by atoms with Crippen LogP contribution in [-0.2, 0) is 19.1 Å². The summed E-state index contributed by atoms with van der Waals surface area (Å²) in [4.78, 5) is 24.5. The number of aliphatic hydroxyl groups excluding tert-OH is 1. The second-order valence-electron chi connectivity index (χ2n) is 10.6. The number of carbonyl (C=O) groups excluding carboxylic acids is 2. The number of thiocarbonyl (C=S) groups is 1. The highest BCUT2D eigenvalue weighted by atomic mass is 32.1. The Morgan fingerprint density at radius 1 is 1.33 bits per heavy atom. The highest BCUT2D eigenvalue weighted by Crippen LogP contribution is 2.69. The molecule has 0 aromatic carbocycles. The van der Waals surface area contributed by atoms with Crippen LogP contribution in [0.1, 0.15) is 53.4 Å². The SMILES string of the molecule is CCC(=O)O[C@]1(C(=S)OC)[C@@H](C)C[C@H]2[C@@H]3C[C@H](F)C4=C(F)C(=O)C=C[C@]4(C)[C@H]3[C@@H](O)C[C@@]21C. The molecule has 1 N–H and O–H groups in total. The predicted molar refractivity (Wildman–Crippen MR) is 122 cm³/mol. The van der Waals surface area contributed by atoms with E-state index in [0.717, 1.165) is 6.08 Å². The van der Waals surface area contributed by atoms with E-state index in [-0.39, 0.29) is 47.6 Å². The summed E-state index contributed by atoms with van der Waals surface area (Å²) >= 11 is 5.60. The van der Waals surface area contributed by atoms with E-state index in [4.69, 9.17) is 21.7 Å². The molecule has 33 heavy (non-hydrogen) atoms. The molecule has 8 heteroatoms. The summed E-state index contributed by atoms with van der Waals surface area (Å²) in [5.41, 5.74) is -3.30. The quantitative estimate of drug-likeness (QED) is 0.474. The summed E-state index contributed by atoms with van der Waals surface area (Å²) in [6.07, 6.45) is 1.10. The maximum Gasteiger partial charge on any atom is 0.306 e. The van der Waals surface area contributed by atoms with E-state index in [1.165, 1.54) is 7.11 Å². The second kappa shape index (κ2) is 7.94. The minimum absolute atomic E-state index is 0.00822. The number of ether oxygens (including phenoxy) is 2. The van der Waals surface area contributed by atoms with Crippen molar-refractivity contribution >= 4 is 29.0 Å². The van der Waals surface area contributed by atoms with Crippen molar-refractivity contribution in [3.05, 3.63) is 23.6 Å². The van der Waals surface area contributed by atoms with Gasteiger partial charge in [-0.05, 0) is 49.4 Å². The molecule has 3 saturated carbocycles. The maximum absolute atomic E-state index is 15.5. The number of aliphatic hydroxyl groups is 1. The molecule has 0 aromatic heterocycles. The van der Waals surface area contributed by atoms with Crippen molar-refractivity contribution in [2.75, 3.05) is 7.11 Å². The molecule has 0 amide bonds. The van der Waals surface area contributed by atoms with Gasteiger partial charge in [-0.3, -0.25) is 9.59 Å². The molecule has 0 aromatic rings. The fourth-order valence-electron chi connectivity index (χ4n) is 7.85. The van der Waals surface area contributed by atoms with E-state index in [2.05, 4.69) is 0 Å². The Labute approximate surface area is 198 Å². The minimum Gasteiger partial charge on any atom is -0.487 e. The van der Waals surface area contributed by atoms with Gasteiger partial charge in [0, 0.05) is 34.7 Å². The first-order valence-electron chi connectivity index (χ1n) is 11.6. The van der Waals surface area contributed by atoms with E-state index in [0.29, 0.717) is 6.42 Å². The van der Waals surface area contributed by atoms with Crippen molar-refractivity contribution in [1.82, 2.24) is 0 Å². The first-order valence-corrected chi connectivity index (χ1v) is 12.1. The maximum atomic E-state index is 15.5. The van der Waals surface area contributed by atoms with Gasteiger partial charge in [0.25, 0.3) is 0 Å². The van der Waals surface area contributed by atoms with Crippen LogP contribution in [0.2, 0.25) is 0 Å². The number of ketones is 1. The molecular formula is C25H32F2O5S. The highest BCUT2D eigenvalue weighted by molar-refractivity contribution is 7.80. The third-order valence-electron chi connectivity index (χ3n) is 9.15. The number of rotatable bonds is 3. The summed E-state index contributed by atoms with van der Waals surface area (Å²) in [6, 6.07) is 0. The summed E-state index contributed by atoms with van der Waals surface area (Å²) in [5.74, 6) is -3.46. The van der Waals surface area contributed by atoms with Gasteiger partial charge in [-0.15, -0.1) is 0 Å². The van der Waals surface area contributed by atoms with Gasteiger partial charge in [0.05, 0.1) is 13.2 Å². The fourth-order valence-corrected chi connectivity index (χ4v) is 8.32. The Kier molecular flexibility index (Phi) is 5.88. The molecule has 0 unspecified atom stereocenters. The van der Waals surface area contributed by atoms with Crippen LogP contribution in [0.15, 0.2) is 23.6 Å². The molecule has 5 nitrogen and oxygen atoms in total. The molecule has 0 bridgehead atoms. The standard InChI is InChI=1S/C25H32F2O5S/c1-6-18(30)32-25(22(33)31-5)12(2)9-14-13-10-15(26)20-21(27)16(28)7-8-23(20,3)19(13)17(29)11-24(14,25)4/h7-8,12-15,17,19,29H,6,9-11H2,1-5H3/t12-,13-,14-,15-,17-,19+,23+,24-,25-/m0/s1. The molecular weight excluding hydrogens is 450 g/mol. The average molecular weight is 483 g/mol. The number of hydrogen-bond acceptors (Lipinski definition) is 6. The molecule has 0 aliphatic heterocycles. The zero-order valence-electron chi connectivity index (χ0n) is 19.7. The topological polar surface area (TPSA) is 72.8 Å². The molecule has 0 spiro atoms. The molecule has 9 atom stereocenters. The summed E-state index contributed by atoms with van der Waals surface area (Å²) in [7, 11) is 1.44. The van der Waals surface area contributed by atoms with Crippen molar-refractivity contribution in [1.29, 1.82) is 0 Å². The van der Waals surface area contributed by atoms with Gasteiger partial charge in [0.1, 0.15) is 6.17 Å². The highest BCUT2D eigenvalue weighted by Gasteiger charge is 2.73. The number of alkyl halides is 1. The van der Waals surface area contributed by atoms with Gasteiger partial charge in [-0.25, -0.2) is 8.78 Å². The number of hydrogen-bond donors (Lipinski definition) is 1. The summed E-state index contributed by atoms with van der Waals surface area (Å²) in [6.45, 7) is 7.30. The zero-order valence-corrected chi connectivity index (χ0v) is 20.5. The van der Waals surface area contributed by atoms with Crippen LogP contribution in [0.4, 0.5) is 8.78 Å². The van der Waals surface area contributed by atoms with Crippen molar-refractivity contribution in [2.45, 2.75) is 71.3 Å². The van der Waals surface area contributed by atoms with Gasteiger partial charge >= 0.3 is 5.97 Å². The van der Waals surface area contributed by atoms with Crippen LogP contribution in [0.5, 0.6) is 0 Å². The van der Waals surface area contributed by atoms with Crippen LogP contribution < -0.4 is 0 Å². The summed E-state index contributed by atoms with van der Waals surface area (Å²) < 4.78 is 41.9. The van der Waals surface area contributed by atoms with Crippen LogP contribution in [0.25, 0.3) is 0 Å². The largest absolute Gasteiger partial charge is 0.487 e. The van der Waals surface area contributed by atoms with E-state index in [9.17, 15) is 19.1 Å². The van der Waals surface area contributed by atoms with Crippen molar-refractivity contribution in [3.8, 4) is 0 Å². The minimum atomic E-state index is -1.64. The smallest absolute Gasteiger partial charge is 0.306 e. The second-order valence-corrected chi connectivity index (χ2v) is 11.0. The van der Waals surface area contributed by atoms with Gasteiger partial charge in [-0.1, -0.05) is 33.8 Å². The average Bonchev–Trinajstić information content (AvgIpc) is 2.97. The number of fused-ring (bicyclic) bond motifs is 5. The first kappa shape index (κ1) is 24.5. The van der Waals surface area contributed by atoms with Crippen LogP contribution >= 0.6 is 12.2 Å². The normalized spacial score (nSPS) is 46.4. The molecule has 0 heterocycles. The van der Waals surface area contributed by atoms with E-state index < -0.39 is 52.2 Å². The molecule has 3 fully saturated rings. The Hall–Kier alpha value is -1.67. The molecule has 4 aliphatic carbocycles. The van der Waals surface area contributed by atoms with Gasteiger partial charge in [0.15, 0.2) is 11.4 Å². The Morgan fingerprint density at radius 2 is 2.00 bits per heavy atom. The number of esters is 1. The number of halogens is 2. The lowest BCUT2D eigenvalue weighted by Crippen LogP contribution is -2.64. The van der Waals surface area contributed by atoms with Crippen LogP contribution in [0, 0.1) is 34.5 Å². The van der Waals surface area contributed by atoms with Gasteiger partial charge in [-0.2, -0.15) is 0 Å². The van der Waals surface area contributed by atoms with E-state index in [1.807, 2.05) is 13.8 Å². The molecule has 4 rings (SSSR count). The number of methoxy groups -OCH3 is 1. The van der Waals surface area contributed by atoms with Crippen molar-refractivity contribution in [3.63, 3.8) is 0 Å². The van der Waals surface area contributed by atoms with Crippen LogP contribution in [0.3, 0.4) is 0 Å². The lowest BCUT2D eigenvalue weighted by atomic mass is 9.46. The van der Waals surface area contributed by atoms with Crippen molar-refractivity contribution < 1.29 is 33.0 Å². The fraction of sp³-hybridized carbons (Fsp3) is 0.720. The molecule has 182 valence electrons. The lowest BCUT2D eigenvalue weighted by Gasteiger charge is -2.60. The lowest BCUT2D eigenvalue weighted by molar-refractivity contribution is -0.187. The molecule has 0 radical (unpaired) electrons. The Bertz CT molecular complexity index is 962. The number of carbonyl (C=O) groups is 2. The van der Waals surface area contributed by atoms with Gasteiger partial charge in [0.2, 0.25) is 10.8 Å². The summed E-state index contributed by atoms with van der Waals surface area (Å²) in [5, 5.41) is 11.7. The zero-order chi connectivity index (χ0) is 24.5. The predicted octanol–water partition coefficient (Wildman–Crippen LogP) is 4.42. The van der Waals surface area contributed by atoms with Crippen molar-refractivity contribution in [2.24, 2.45) is 34.5 Å². The Balaban J connectivity index is 1.85. The molecule has 4 aliphatic rings.